The Morgan fingerprint density at radius 2 is 1.79 bits per heavy atom. The predicted molar refractivity (Wildman–Crippen MR) is 89.9 cm³/mol. The maximum Gasteiger partial charge on any atom is 0.234 e. The maximum absolute atomic E-state index is 13.1. The zero-order valence-electron chi connectivity index (χ0n) is 12.8. The highest BCUT2D eigenvalue weighted by Gasteiger charge is 2.13. The summed E-state index contributed by atoms with van der Waals surface area (Å²) in [6.45, 7) is 0. The molecule has 0 saturated heterocycles. The fourth-order valence-electron chi connectivity index (χ4n) is 2.40. The lowest BCUT2D eigenvalue weighted by molar-refractivity contribution is 0.414. The van der Waals surface area contributed by atoms with Crippen LogP contribution in [0.15, 0.2) is 48.5 Å². The van der Waals surface area contributed by atoms with Crippen molar-refractivity contribution in [3.63, 3.8) is 0 Å². The van der Waals surface area contributed by atoms with Gasteiger partial charge in [0.2, 0.25) is 4.96 Å². The van der Waals surface area contributed by atoms with Gasteiger partial charge in [0.1, 0.15) is 16.6 Å². The van der Waals surface area contributed by atoms with Gasteiger partial charge in [-0.15, -0.1) is 10.2 Å². The molecule has 0 fully saturated rings. The van der Waals surface area contributed by atoms with Gasteiger partial charge in [-0.25, -0.2) is 4.39 Å². The summed E-state index contributed by atoms with van der Waals surface area (Å²) in [5.74, 6) is 1.32. The third-order valence-corrected chi connectivity index (χ3v) is 4.62. The van der Waals surface area contributed by atoms with Crippen molar-refractivity contribution in [1.82, 2.24) is 19.8 Å². The third kappa shape index (κ3) is 2.74. The number of benzene rings is 2. The Kier molecular flexibility index (Phi) is 3.70. The average molecular weight is 340 g/mol. The van der Waals surface area contributed by atoms with E-state index in [9.17, 15) is 4.39 Å². The SMILES string of the molecule is COc1ccc(Cc2nnc3sc(-c4ccc(F)cc4)nn23)cc1. The van der Waals surface area contributed by atoms with Crippen LogP contribution < -0.4 is 4.74 Å². The molecule has 0 unspecified atom stereocenters. The van der Waals surface area contributed by atoms with Crippen LogP contribution in [0.5, 0.6) is 5.75 Å². The van der Waals surface area contributed by atoms with Gasteiger partial charge in [0, 0.05) is 12.0 Å². The van der Waals surface area contributed by atoms with Gasteiger partial charge in [-0.3, -0.25) is 0 Å². The van der Waals surface area contributed by atoms with Gasteiger partial charge in [-0.1, -0.05) is 23.5 Å². The van der Waals surface area contributed by atoms with E-state index in [0.717, 1.165) is 32.7 Å². The first-order valence-corrected chi connectivity index (χ1v) is 8.14. The summed E-state index contributed by atoms with van der Waals surface area (Å²) in [5, 5.41) is 13.7. The minimum absolute atomic E-state index is 0.262. The number of fused-ring (bicyclic) bond motifs is 1. The second-order valence-corrected chi connectivity index (χ2v) is 6.21. The molecule has 7 heteroatoms. The van der Waals surface area contributed by atoms with Crippen molar-refractivity contribution in [2.45, 2.75) is 6.42 Å². The lowest BCUT2D eigenvalue weighted by Gasteiger charge is -2.01. The van der Waals surface area contributed by atoms with Crippen LogP contribution in [0.2, 0.25) is 0 Å². The summed E-state index contributed by atoms with van der Waals surface area (Å²) in [6.07, 6.45) is 0.623. The van der Waals surface area contributed by atoms with Crippen LogP contribution in [-0.4, -0.2) is 26.9 Å². The van der Waals surface area contributed by atoms with Gasteiger partial charge < -0.3 is 4.74 Å². The number of halogens is 1. The van der Waals surface area contributed by atoms with Crippen molar-refractivity contribution >= 4 is 16.3 Å². The van der Waals surface area contributed by atoms with Crippen molar-refractivity contribution in [1.29, 1.82) is 0 Å². The number of hydrogen-bond donors (Lipinski definition) is 0. The van der Waals surface area contributed by atoms with Gasteiger partial charge in [0.05, 0.1) is 7.11 Å². The zero-order chi connectivity index (χ0) is 16.5. The standard InChI is InChI=1S/C17H13FN4OS/c1-23-14-8-2-11(3-9-14)10-15-19-20-17-22(15)21-16(24-17)12-4-6-13(18)7-5-12/h2-9H,10H2,1H3. The van der Waals surface area contributed by atoms with Crippen LogP contribution in [-0.2, 0) is 6.42 Å². The predicted octanol–water partition coefficient (Wildman–Crippen LogP) is 3.59. The van der Waals surface area contributed by atoms with E-state index < -0.39 is 0 Å². The molecule has 5 nitrogen and oxygen atoms in total. The molecule has 2 aromatic carbocycles. The quantitative estimate of drug-likeness (QED) is 0.570. The topological polar surface area (TPSA) is 52.3 Å². The Morgan fingerprint density at radius 1 is 1.04 bits per heavy atom. The second kappa shape index (κ2) is 6.01. The highest BCUT2D eigenvalue weighted by molar-refractivity contribution is 7.19. The fraction of sp³-hybridized carbons (Fsp3) is 0.118. The summed E-state index contributed by atoms with van der Waals surface area (Å²) in [4.78, 5) is 0.720. The van der Waals surface area contributed by atoms with Crippen LogP contribution in [0.25, 0.3) is 15.5 Å². The molecule has 0 atom stereocenters. The summed E-state index contributed by atoms with van der Waals surface area (Å²) in [6, 6.07) is 14.1. The molecule has 0 amide bonds. The minimum atomic E-state index is -0.262. The first kappa shape index (κ1) is 14.8. The van der Waals surface area contributed by atoms with Crippen LogP contribution >= 0.6 is 11.3 Å². The monoisotopic (exact) mass is 340 g/mol. The molecule has 2 heterocycles. The molecule has 0 aliphatic carbocycles. The summed E-state index contributed by atoms with van der Waals surface area (Å²) in [7, 11) is 1.64. The highest BCUT2D eigenvalue weighted by atomic mass is 32.1. The molecule has 0 radical (unpaired) electrons. The number of ether oxygens (including phenoxy) is 1. The van der Waals surface area contributed by atoms with Gasteiger partial charge in [-0.2, -0.15) is 9.61 Å². The van der Waals surface area contributed by atoms with Crippen molar-refractivity contribution < 1.29 is 9.13 Å². The number of aromatic nitrogens is 4. The zero-order valence-corrected chi connectivity index (χ0v) is 13.6. The normalized spacial score (nSPS) is 11.1. The third-order valence-electron chi connectivity index (χ3n) is 3.67. The number of rotatable bonds is 4. The molecule has 0 spiro atoms. The number of methoxy groups -OCH3 is 1. The smallest absolute Gasteiger partial charge is 0.234 e. The minimum Gasteiger partial charge on any atom is -0.497 e. The highest BCUT2D eigenvalue weighted by Crippen LogP contribution is 2.26. The van der Waals surface area contributed by atoms with E-state index in [4.69, 9.17) is 4.74 Å². The summed E-state index contributed by atoms with van der Waals surface area (Å²) < 4.78 is 20.0. The Balaban J connectivity index is 1.65. The van der Waals surface area contributed by atoms with Crippen LogP contribution in [0.1, 0.15) is 11.4 Å². The molecule has 0 aliphatic rings. The Bertz CT molecular complexity index is 976. The number of nitrogens with zero attached hydrogens (tertiary/aromatic N) is 4. The molecule has 120 valence electrons. The molecule has 0 N–H and O–H groups in total. The Hall–Kier alpha value is -2.80. The molecular formula is C17H13FN4OS. The van der Waals surface area contributed by atoms with E-state index >= 15 is 0 Å². The van der Waals surface area contributed by atoms with Crippen molar-refractivity contribution in [2.75, 3.05) is 7.11 Å². The largest absolute Gasteiger partial charge is 0.497 e. The Labute approximate surface area is 141 Å². The maximum atomic E-state index is 13.1. The second-order valence-electron chi connectivity index (χ2n) is 5.25. The van der Waals surface area contributed by atoms with Gasteiger partial charge >= 0.3 is 0 Å². The summed E-state index contributed by atoms with van der Waals surface area (Å²) >= 11 is 1.43. The Morgan fingerprint density at radius 3 is 2.50 bits per heavy atom. The van der Waals surface area contributed by atoms with Crippen molar-refractivity contribution in [2.24, 2.45) is 0 Å². The van der Waals surface area contributed by atoms with Gasteiger partial charge in [0.25, 0.3) is 0 Å². The van der Waals surface area contributed by atoms with E-state index in [-0.39, 0.29) is 5.82 Å². The first-order chi connectivity index (χ1) is 11.7. The van der Waals surface area contributed by atoms with Crippen LogP contribution in [0, 0.1) is 5.82 Å². The summed E-state index contributed by atoms with van der Waals surface area (Å²) in [5.41, 5.74) is 1.96. The molecule has 0 aliphatic heterocycles. The van der Waals surface area contributed by atoms with Gasteiger partial charge in [0.15, 0.2) is 5.82 Å². The number of hydrogen-bond acceptors (Lipinski definition) is 5. The lowest BCUT2D eigenvalue weighted by Crippen LogP contribution is -1.98. The molecule has 24 heavy (non-hydrogen) atoms. The molecular weight excluding hydrogens is 327 g/mol. The molecule has 4 rings (SSSR count). The van der Waals surface area contributed by atoms with Crippen molar-refractivity contribution in [3.8, 4) is 16.3 Å². The van der Waals surface area contributed by atoms with E-state index in [1.165, 1.54) is 23.5 Å². The van der Waals surface area contributed by atoms with Crippen molar-refractivity contribution in [3.05, 3.63) is 65.7 Å². The lowest BCUT2D eigenvalue weighted by atomic mass is 10.1. The molecule has 0 bridgehead atoms. The van der Waals surface area contributed by atoms with E-state index in [0.29, 0.717) is 6.42 Å². The van der Waals surface area contributed by atoms with E-state index in [1.54, 1.807) is 23.8 Å². The fourth-order valence-corrected chi connectivity index (χ4v) is 3.27. The van der Waals surface area contributed by atoms with E-state index in [1.807, 2.05) is 24.3 Å². The average Bonchev–Trinajstić information content (AvgIpc) is 3.18. The molecule has 2 aromatic heterocycles. The molecule has 0 saturated carbocycles. The van der Waals surface area contributed by atoms with E-state index in [2.05, 4.69) is 15.3 Å². The van der Waals surface area contributed by atoms with Gasteiger partial charge in [-0.05, 0) is 42.0 Å². The van der Waals surface area contributed by atoms with Crippen LogP contribution in [0.3, 0.4) is 0 Å². The van der Waals surface area contributed by atoms with Crippen LogP contribution in [0.4, 0.5) is 4.39 Å². The first-order valence-electron chi connectivity index (χ1n) is 7.33. The molecule has 4 aromatic rings.